The van der Waals surface area contributed by atoms with Crippen LogP contribution in [0.1, 0.15) is 12.5 Å². The normalized spacial score (nSPS) is 14.4. The summed E-state index contributed by atoms with van der Waals surface area (Å²) in [6.45, 7) is 2.14. The highest BCUT2D eigenvalue weighted by Gasteiger charge is 2.36. The summed E-state index contributed by atoms with van der Waals surface area (Å²) in [5, 5.41) is 5.38. The van der Waals surface area contributed by atoms with Gasteiger partial charge in [0, 0.05) is 5.39 Å². The lowest BCUT2D eigenvalue weighted by Crippen LogP contribution is -2.37. The van der Waals surface area contributed by atoms with Crippen LogP contribution in [0.15, 0.2) is 70.7 Å². The van der Waals surface area contributed by atoms with Gasteiger partial charge in [-0.05, 0) is 54.3 Å². The number of benzene rings is 3. The van der Waals surface area contributed by atoms with E-state index >= 15 is 0 Å². The molecule has 1 aliphatic rings. The lowest BCUT2D eigenvalue weighted by molar-refractivity contribution is -0.119. The van der Waals surface area contributed by atoms with Gasteiger partial charge in [0.2, 0.25) is 0 Å². The quantitative estimate of drug-likeness (QED) is 0.501. The molecule has 4 rings (SSSR count). The fourth-order valence-electron chi connectivity index (χ4n) is 3.29. The van der Waals surface area contributed by atoms with E-state index in [1.54, 1.807) is 36.4 Å². The summed E-state index contributed by atoms with van der Waals surface area (Å²) in [5.41, 5.74) is 3.67. The van der Waals surface area contributed by atoms with Gasteiger partial charge in [-0.25, -0.2) is 13.8 Å². The Morgan fingerprint density at radius 1 is 1.10 bits per heavy atom. The van der Waals surface area contributed by atoms with Crippen LogP contribution in [-0.2, 0) is 14.8 Å². The smallest absolute Gasteiger partial charge is 0.265 e. The summed E-state index contributed by atoms with van der Waals surface area (Å²) in [6, 6.07) is 17.7. The number of sulfonamides is 1. The molecular weight excluding hydrogens is 390 g/mol. The monoisotopic (exact) mass is 409 g/mol. The second kappa shape index (κ2) is 7.56. The zero-order valence-electron chi connectivity index (χ0n) is 15.7. The molecule has 0 aromatic heterocycles. The molecule has 0 unspecified atom stereocenters. The molecule has 0 spiro atoms. The number of carbonyl (C=O) groups excluding carboxylic acids is 1. The minimum atomic E-state index is -3.77. The van der Waals surface area contributed by atoms with Gasteiger partial charge in [-0.1, -0.05) is 24.3 Å². The van der Waals surface area contributed by atoms with Gasteiger partial charge >= 0.3 is 0 Å². The van der Waals surface area contributed by atoms with Crippen molar-refractivity contribution in [3.8, 4) is 5.75 Å². The average molecular weight is 409 g/mol. The number of hydrazone groups is 1. The van der Waals surface area contributed by atoms with E-state index in [4.69, 9.17) is 4.74 Å². The van der Waals surface area contributed by atoms with Gasteiger partial charge in [-0.15, -0.1) is 0 Å². The molecule has 148 valence electrons. The van der Waals surface area contributed by atoms with Crippen molar-refractivity contribution in [1.82, 2.24) is 5.43 Å². The van der Waals surface area contributed by atoms with Crippen molar-refractivity contribution in [2.24, 2.45) is 5.10 Å². The summed E-state index contributed by atoms with van der Waals surface area (Å²) in [7, 11) is -3.77. The van der Waals surface area contributed by atoms with E-state index < -0.39 is 15.9 Å². The van der Waals surface area contributed by atoms with Crippen LogP contribution in [0.3, 0.4) is 0 Å². The number of rotatable bonds is 6. The number of nitrogens with zero attached hydrogens (tertiary/aromatic N) is 2. The Morgan fingerprint density at radius 2 is 1.83 bits per heavy atom. The van der Waals surface area contributed by atoms with Crippen LogP contribution < -0.4 is 14.5 Å². The van der Waals surface area contributed by atoms with E-state index in [2.05, 4.69) is 10.5 Å². The number of ether oxygens (including phenoxy) is 1. The molecule has 0 aliphatic carbocycles. The molecule has 3 aromatic rings. The Morgan fingerprint density at radius 3 is 2.55 bits per heavy atom. The first-order chi connectivity index (χ1) is 14.0. The van der Waals surface area contributed by atoms with Gasteiger partial charge in [0.05, 0.1) is 23.4 Å². The van der Waals surface area contributed by atoms with E-state index in [1.165, 1.54) is 6.21 Å². The number of amides is 1. The maximum atomic E-state index is 12.9. The van der Waals surface area contributed by atoms with Crippen molar-refractivity contribution in [2.45, 2.75) is 11.8 Å². The second-order valence-electron chi connectivity index (χ2n) is 6.44. The molecule has 8 heteroatoms. The summed E-state index contributed by atoms with van der Waals surface area (Å²) in [4.78, 5) is 12.6. The van der Waals surface area contributed by atoms with E-state index in [0.717, 1.165) is 21.0 Å². The van der Waals surface area contributed by atoms with Gasteiger partial charge in [0.1, 0.15) is 12.3 Å². The van der Waals surface area contributed by atoms with E-state index in [-0.39, 0.29) is 11.4 Å². The van der Waals surface area contributed by atoms with Gasteiger partial charge in [0.15, 0.2) is 0 Å². The minimum Gasteiger partial charge on any atom is -0.494 e. The Bertz CT molecular complexity index is 1200. The van der Waals surface area contributed by atoms with Crippen LogP contribution in [0.4, 0.5) is 5.69 Å². The molecule has 1 N–H and O–H groups in total. The first kappa shape index (κ1) is 18.9. The summed E-state index contributed by atoms with van der Waals surface area (Å²) in [6.07, 6.45) is 1.49. The number of hydrogen-bond acceptors (Lipinski definition) is 5. The Labute approximate surface area is 168 Å². The zero-order valence-corrected chi connectivity index (χ0v) is 16.5. The molecule has 0 bridgehead atoms. The molecule has 7 nitrogen and oxygen atoms in total. The van der Waals surface area contributed by atoms with Crippen LogP contribution in [0.25, 0.3) is 10.8 Å². The van der Waals surface area contributed by atoms with Crippen molar-refractivity contribution in [3.05, 3.63) is 66.2 Å². The third-order valence-corrected chi connectivity index (χ3v) is 6.36. The molecule has 0 saturated carbocycles. The lowest BCUT2D eigenvalue weighted by atomic mass is 10.1. The predicted octanol–water partition coefficient (Wildman–Crippen LogP) is 2.90. The van der Waals surface area contributed by atoms with Crippen molar-refractivity contribution < 1.29 is 17.9 Å². The van der Waals surface area contributed by atoms with Crippen LogP contribution >= 0.6 is 0 Å². The lowest BCUT2D eigenvalue weighted by Gasteiger charge is -2.17. The molecule has 0 saturated heterocycles. The Hall–Kier alpha value is -3.39. The molecule has 29 heavy (non-hydrogen) atoms. The summed E-state index contributed by atoms with van der Waals surface area (Å²) in [5.74, 6) is 0.224. The van der Waals surface area contributed by atoms with Gasteiger partial charge < -0.3 is 4.74 Å². The maximum absolute atomic E-state index is 12.9. The van der Waals surface area contributed by atoms with E-state index in [1.807, 2.05) is 31.2 Å². The Kier molecular flexibility index (Phi) is 4.94. The largest absolute Gasteiger partial charge is 0.494 e. The first-order valence-electron chi connectivity index (χ1n) is 9.10. The topological polar surface area (TPSA) is 88.1 Å². The average Bonchev–Trinajstić information content (AvgIpc) is 2.93. The predicted molar refractivity (Wildman–Crippen MR) is 112 cm³/mol. The fraction of sp³-hybridized carbons (Fsp3) is 0.143. The van der Waals surface area contributed by atoms with Crippen molar-refractivity contribution in [1.29, 1.82) is 0 Å². The third-order valence-electron chi connectivity index (χ3n) is 4.56. The standard InChI is InChI=1S/C21H19N3O4S/c1-2-28-17-11-9-15(10-12-17)13-22-23-20(25)14-24-18-7-3-5-16-6-4-8-19(21(16)18)29(24,26)27/h3-13H,2,14H2,1H3,(H,23,25)/b22-13-. The first-order valence-corrected chi connectivity index (χ1v) is 10.5. The van der Waals surface area contributed by atoms with E-state index in [9.17, 15) is 13.2 Å². The van der Waals surface area contributed by atoms with Crippen LogP contribution in [0.2, 0.25) is 0 Å². The molecule has 1 amide bonds. The Balaban J connectivity index is 1.47. The van der Waals surface area contributed by atoms with Gasteiger partial charge in [-0.2, -0.15) is 5.10 Å². The molecule has 0 atom stereocenters. The second-order valence-corrected chi connectivity index (χ2v) is 8.27. The van der Waals surface area contributed by atoms with Gasteiger partial charge in [0.25, 0.3) is 15.9 Å². The number of anilines is 1. The van der Waals surface area contributed by atoms with Crippen molar-refractivity contribution in [2.75, 3.05) is 17.5 Å². The third kappa shape index (κ3) is 3.54. The van der Waals surface area contributed by atoms with E-state index in [0.29, 0.717) is 17.7 Å². The minimum absolute atomic E-state index is 0.219. The van der Waals surface area contributed by atoms with Gasteiger partial charge in [-0.3, -0.25) is 9.10 Å². The number of carbonyl (C=O) groups is 1. The summed E-state index contributed by atoms with van der Waals surface area (Å²) >= 11 is 0. The highest BCUT2D eigenvalue weighted by atomic mass is 32.2. The SMILES string of the molecule is CCOc1ccc(/C=N\NC(=O)CN2c3cccc4cccc(c34)S2(=O)=O)cc1. The highest BCUT2D eigenvalue weighted by Crippen LogP contribution is 2.41. The summed E-state index contributed by atoms with van der Waals surface area (Å²) < 4.78 is 32.2. The van der Waals surface area contributed by atoms with Crippen LogP contribution in [0, 0.1) is 0 Å². The molecule has 0 fully saturated rings. The number of nitrogens with one attached hydrogen (secondary N) is 1. The van der Waals surface area contributed by atoms with Crippen LogP contribution in [0.5, 0.6) is 5.75 Å². The van der Waals surface area contributed by atoms with Crippen molar-refractivity contribution in [3.63, 3.8) is 0 Å². The number of hydrogen-bond donors (Lipinski definition) is 1. The maximum Gasteiger partial charge on any atom is 0.265 e. The molecule has 1 heterocycles. The molecule has 3 aromatic carbocycles. The molecule has 1 aliphatic heterocycles. The molecular formula is C21H19N3O4S. The zero-order chi connectivity index (χ0) is 20.4. The van der Waals surface area contributed by atoms with Crippen molar-refractivity contribution >= 4 is 38.6 Å². The fourth-order valence-corrected chi connectivity index (χ4v) is 4.96. The molecule has 0 radical (unpaired) electrons. The highest BCUT2D eigenvalue weighted by molar-refractivity contribution is 7.93. The van der Waals surface area contributed by atoms with Crippen LogP contribution in [-0.4, -0.2) is 33.7 Å².